The van der Waals surface area contributed by atoms with Crippen molar-refractivity contribution in [2.24, 2.45) is 0 Å². The van der Waals surface area contributed by atoms with Crippen LogP contribution >= 0.6 is 12.2 Å². The first-order valence-electron chi connectivity index (χ1n) is 7.17. The van der Waals surface area contributed by atoms with E-state index in [-0.39, 0.29) is 6.61 Å². The smallest absolute Gasteiger partial charge is 0.407 e. The van der Waals surface area contributed by atoms with Crippen LogP contribution in [0.15, 0.2) is 24.3 Å². The summed E-state index contributed by atoms with van der Waals surface area (Å²) >= 11 is 5.27. The zero-order valence-electron chi connectivity index (χ0n) is 13.5. The summed E-state index contributed by atoms with van der Waals surface area (Å²) in [6, 6.07) is 7.21. The Morgan fingerprint density at radius 1 is 1.36 bits per heavy atom. The van der Waals surface area contributed by atoms with Crippen molar-refractivity contribution >= 4 is 23.3 Å². The highest BCUT2D eigenvalue weighted by Gasteiger charge is 2.20. The minimum atomic E-state index is -0.574. The summed E-state index contributed by atoms with van der Waals surface area (Å²) in [4.78, 5) is 12.4. The number of aliphatic hydroxyl groups excluding tert-OH is 1. The molecule has 0 bridgehead atoms. The molecule has 0 fully saturated rings. The Labute approximate surface area is 137 Å². The molecule has 0 saturated carbocycles. The average molecular weight is 324 g/mol. The van der Waals surface area contributed by atoms with Crippen LogP contribution in [0.5, 0.6) is 0 Å². The van der Waals surface area contributed by atoms with Gasteiger partial charge in [-0.1, -0.05) is 36.5 Å². The van der Waals surface area contributed by atoms with Gasteiger partial charge in [-0.2, -0.15) is 0 Å². The van der Waals surface area contributed by atoms with Crippen LogP contribution in [0, 0.1) is 0 Å². The molecule has 0 aliphatic heterocycles. The maximum absolute atomic E-state index is 11.8. The van der Waals surface area contributed by atoms with Crippen LogP contribution in [0.4, 0.5) is 4.79 Å². The SMILES string of the molecule is CNC(=S)c1ccccc1C[C@@H](CO)NC(=O)OC(C)(C)C. The van der Waals surface area contributed by atoms with Gasteiger partial charge in [0.15, 0.2) is 0 Å². The Kier molecular flexibility index (Phi) is 6.77. The lowest BCUT2D eigenvalue weighted by atomic mass is 10.0. The van der Waals surface area contributed by atoms with Gasteiger partial charge in [0.25, 0.3) is 0 Å². The monoisotopic (exact) mass is 324 g/mol. The minimum absolute atomic E-state index is 0.181. The maximum Gasteiger partial charge on any atom is 0.407 e. The fraction of sp³-hybridized carbons (Fsp3) is 0.500. The average Bonchev–Trinajstić information content (AvgIpc) is 2.44. The lowest BCUT2D eigenvalue weighted by Gasteiger charge is -2.23. The number of benzene rings is 1. The van der Waals surface area contributed by atoms with Crippen molar-refractivity contribution in [1.29, 1.82) is 0 Å². The summed E-state index contributed by atoms with van der Waals surface area (Å²) in [5, 5.41) is 15.1. The number of carbonyl (C=O) groups is 1. The number of rotatable bonds is 5. The van der Waals surface area contributed by atoms with Crippen molar-refractivity contribution in [3.63, 3.8) is 0 Å². The molecule has 1 aromatic carbocycles. The quantitative estimate of drug-likeness (QED) is 0.723. The first-order chi connectivity index (χ1) is 10.3. The molecule has 1 rings (SSSR count). The Morgan fingerprint density at radius 3 is 2.55 bits per heavy atom. The summed E-state index contributed by atoms with van der Waals surface area (Å²) in [6.45, 7) is 5.20. The normalized spacial score (nSPS) is 12.4. The Balaban J connectivity index is 2.79. The third-order valence-corrected chi connectivity index (χ3v) is 3.32. The van der Waals surface area contributed by atoms with Crippen molar-refractivity contribution in [3.8, 4) is 0 Å². The summed E-state index contributed by atoms with van der Waals surface area (Å²) in [5.74, 6) is 0. The van der Waals surface area contributed by atoms with Gasteiger partial charge in [-0.3, -0.25) is 0 Å². The molecule has 0 unspecified atom stereocenters. The van der Waals surface area contributed by atoms with Crippen LogP contribution in [0.2, 0.25) is 0 Å². The van der Waals surface area contributed by atoms with Crippen molar-refractivity contribution in [2.45, 2.75) is 38.8 Å². The number of nitrogens with one attached hydrogen (secondary N) is 2. The molecule has 3 N–H and O–H groups in total. The van der Waals surface area contributed by atoms with Gasteiger partial charge in [-0.25, -0.2) is 4.79 Å². The highest BCUT2D eigenvalue weighted by Crippen LogP contribution is 2.13. The van der Waals surface area contributed by atoms with Gasteiger partial charge in [0.1, 0.15) is 10.6 Å². The predicted molar refractivity (Wildman–Crippen MR) is 91.1 cm³/mol. The maximum atomic E-state index is 11.8. The van der Waals surface area contributed by atoms with Gasteiger partial charge in [0.05, 0.1) is 12.6 Å². The van der Waals surface area contributed by atoms with E-state index in [1.807, 2.05) is 24.3 Å². The molecule has 0 radical (unpaired) electrons. The van der Waals surface area contributed by atoms with Gasteiger partial charge in [-0.05, 0) is 32.8 Å². The Morgan fingerprint density at radius 2 is 2.00 bits per heavy atom. The molecule has 0 aliphatic carbocycles. The first kappa shape index (κ1) is 18.4. The topological polar surface area (TPSA) is 70.6 Å². The number of thiocarbonyl (C=S) groups is 1. The number of ether oxygens (including phenoxy) is 1. The van der Waals surface area contributed by atoms with E-state index in [0.717, 1.165) is 11.1 Å². The van der Waals surface area contributed by atoms with Crippen LogP contribution in [-0.4, -0.2) is 41.5 Å². The van der Waals surface area contributed by atoms with Gasteiger partial charge >= 0.3 is 6.09 Å². The molecule has 0 heterocycles. The van der Waals surface area contributed by atoms with E-state index in [2.05, 4.69) is 10.6 Å². The molecule has 0 spiro atoms. The number of hydrogen-bond acceptors (Lipinski definition) is 4. The van der Waals surface area contributed by atoms with Gasteiger partial charge in [0, 0.05) is 12.6 Å². The second kappa shape index (κ2) is 8.10. The largest absolute Gasteiger partial charge is 0.444 e. The van der Waals surface area contributed by atoms with Gasteiger partial charge in [0.2, 0.25) is 0 Å². The third-order valence-electron chi connectivity index (χ3n) is 2.90. The van der Waals surface area contributed by atoms with Crippen molar-refractivity contribution in [3.05, 3.63) is 35.4 Å². The molecule has 0 aromatic heterocycles. The molecule has 1 aromatic rings. The predicted octanol–water partition coefficient (Wildman–Crippen LogP) is 2.01. The van der Waals surface area contributed by atoms with Gasteiger partial charge in [-0.15, -0.1) is 0 Å². The molecule has 0 aliphatic rings. The Bertz CT molecular complexity index is 526. The second-order valence-corrected chi connectivity index (χ2v) is 6.37. The number of aliphatic hydroxyl groups is 1. The summed E-state index contributed by atoms with van der Waals surface area (Å²) < 4.78 is 5.21. The first-order valence-corrected chi connectivity index (χ1v) is 7.58. The van der Waals surface area contributed by atoms with Crippen molar-refractivity contribution < 1.29 is 14.6 Å². The number of alkyl carbamates (subject to hydrolysis) is 1. The zero-order chi connectivity index (χ0) is 16.8. The number of hydrogen-bond donors (Lipinski definition) is 3. The van der Waals surface area contributed by atoms with E-state index in [1.165, 1.54) is 0 Å². The molecule has 1 amide bonds. The summed E-state index contributed by atoms with van der Waals surface area (Å²) in [5.41, 5.74) is 1.27. The Hall–Kier alpha value is -1.66. The van der Waals surface area contributed by atoms with Crippen molar-refractivity contribution in [1.82, 2.24) is 10.6 Å². The van der Waals surface area contributed by atoms with Crippen molar-refractivity contribution in [2.75, 3.05) is 13.7 Å². The lowest BCUT2D eigenvalue weighted by Crippen LogP contribution is -2.42. The fourth-order valence-corrected chi connectivity index (χ4v) is 2.15. The van der Waals surface area contributed by atoms with E-state index in [1.54, 1.807) is 27.8 Å². The third kappa shape index (κ3) is 5.99. The van der Waals surface area contributed by atoms with E-state index in [0.29, 0.717) is 11.4 Å². The molecule has 22 heavy (non-hydrogen) atoms. The van der Waals surface area contributed by atoms with E-state index in [4.69, 9.17) is 17.0 Å². The highest BCUT2D eigenvalue weighted by atomic mass is 32.1. The van der Waals surface area contributed by atoms with Crippen LogP contribution in [0.3, 0.4) is 0 Å². The van der Waals surface area contributed by atoms with Gasteiger partial charge < -0.3 is 20.5 Å². The van der Waals surface area contributed by atoms with E-state index >= 15 is 0 Å². The number of amides is 1. The zero-order valence-corrected chi connectivity index (χ0v) is 14.3. The highest BCUT2D eigenvalue weighted by molar-refractivity contribution is 7.80. The molecule has 1 atom stereocenters. The summed E-state index contributed by atoms with van der Waals surface area (Å²) in [6.07, 6.45) is -0.0755. The minimum Gasteiger partial charge on any atom is -0.444 e. The number of carbonyl (C=O) groups excluding carboxylic acids is 1. The molecule has 5 nitrogen and oxygen atoms in total. The van der Waals surface area contributed by atoms with Crippen LogP contribution < -0.4 is 10.6 Å². The molecular formula is C16H24N2O3S. The summed E-state index contributed by atoms with van der Waals surface area (Å²) in [7, 11) is 1.77. The molecule has 6 heteroatoms. The second-order valence-electron chi connectivity index (χ2n) is 5.97. The molecular weight excluding hydrogens is 300 g/mol. The van der Waals surface area contributed by atoms with E-state index in [9.17, 15) is 9.90 Å². The lowest BCUT2D eigenvalue weighted by molar-refractivity contribution is 0.0483. The van der Waals surface area contributed by atoms with Crippen LogP contribution in [0.1, 0.15) is 31.9 Å². The van der Waals surface area contributed by atoms with E-state index < -0.39 is 17.7 Å². The molecule has 0 saturated heterocycles. The van der Waals surface area contributed by atoms with Crippen LogP contribution in [-0.2, 0) is 11.2 Å². The molecule has 122 valence electrons. The fourth-order valence-electron chi connectivity index (χ4n) is 1.96. The standard InChI is InChI=1S/C16H24N2O3S/c1-16(2,3)21-15(20)18-12(10-19)9-11-7-5-6-8-13(11)14(22)17-4/h5-8,12,19H,9-10H2,1-4H3,(H,17,22)(H,18,20)/t12-/m0/s1. The van der Waals surface area contributed by atoms with Crippen LogP contribution in [0.25, 0.3) is 0 Å².